The molecule has 0 amide bonds. The van der Waals surface area contributed by atoms with E-state index in [9.17, 15) is 14.1 Å². The van der Waals surface area contributed by atoms with Crippen LogP contribution >= 0.6 is 0 Å². The second kappa shape index (κ2) is 8.60. The van der Waals surface area contributed by atoms with Crippen LogP contribution in [0, 0.1) is 19.3 Å². The molecule has 1 atom stereocenters. The molecule has 2 aromatic rings. The Bertz CT molecular complexity index is 1200. The van der Waals surface area contributed by atoms with Gasteiger partial charge in [0.05, 0.1) is 37.7 Å². The van der Waals surface area contributed by atoms with Gasteiger partial charge in [-0.25, -0.2) is 4.21 Å². The third kappa shape index (κ3) is 4.19. The number of carbonyl (C=O) groups is 1. The number of benzene rings is 1. The van der Waals surface area contributed by atoms with Crippen molar-refractivity contribution in [1.82, 2.24) is 4.98 Å². The molecule has 0 saturated carbocycles. The summed E-state index contributed by atoms with van der Waals surface area (Å²) in [6, 6.07) is 1.95. The summed E-state index contributed by atoms with van der Waals surface area (Å²) in [5, 5.41) is 9.76. The fraction of sp³-hybridized carbons (Fsp3) is 0.462. The number of fused-ring (bicyclic) bond motifs is 3. The fourth-order valence-corrected chi connectivity index (χ4v) is 5.96. The molecule has 4 rings (SSSR count). The summed E-state index contributed by atoms with van der Waals surface area (Å²) in [5.74, 6) is -0.202. The molecule has 0 fully saturated rings. The molecule has 1 aliphatic heterocycles. The maximum absolute atomic E-state index is 12.8. The van der Waals surface area contributed by atoms with Crippen molar-refractivity contribution in [2.45, 2.75) is 59.9 Å². The van der Waals surface area contributed by atoms with E-state index < -0.39 is 17.0 Å². The first-order valence-corrected chi connectivity index (χ1v) is 12.8. The van der Waals surface area contributed by atoms with E-state index in [2.05, 4.69) is 26.8 Å². The minimum absolute atomic E-state index is 0.0664. The predicted octanol–water partition coefficient (Wildman–Crippen LogP) is 5.21. The van der Waals surface area contributed by atoms with E-state index >= 15 is 0 Å². The summed E-state index contributed by atoms with van der Waals surface area (Å²) in [5.41, 5.74) is 8.75. The van der Waals surface area contributed by atoms with Gasteiger partial charge in [0.25, 0.3) is 0 Å². The lowest BCUT2D eigenvalue weighted by atomic mass is 9.74. The maximum Gasteiger partial charge on any atom is 0.307 e. The molecule has 176 valence electrons. The molecule has 1 N–H and O–H groups in total. The van der Waals surface area contributed by atoms with Crippen LogP contribution in [0.3, 0.4) is 0 Å². The van der Waals surface area contributed by atoms with Crippen molar-refractivity contribution in [2.75, 3.05) is 17.7 Å². The van der Waals surface area contributed by atoms with E-state index in [1.54, 1.807) is 19.6 Å². The Morgan fingerprint density at radius 3 is 2.58 bits per heavy atom. The van der Waals surface area contributed by atoms with Crippen LogP contribution in [0.4, 0.5) is 5.69 Å². The van der Waals surface area contributed by atoms with Gasteiger partial charge in [-0.2, -0.15) is 0 Å². The van der Waals surface area contributed by atoms with Gasteiger partial charge in [-0.1, -0.05) is 19.9 Å². The topological polar surface area (TPSA) is 79.7 Å². The first kappa shape index (κ1) is 23.5. The van der Waals surface area contributed by atoms with Crippen LogP contribution in [-0.2, 0) is 28.7 Å². The van der Waals surface area contributed by atoms with E-state index in [1.165, 1.54) is 5.57 Å². The lowest BCUT2D eigenvalue weighted by Gasteiger charge is -2.36. The molecular weight excluding hydrogens is 436 g/mol. The van der Waals surface area contributed by atoms with Crippen LogP contribution in [-0.4, -0.2) is 33.6 Å². The number of aliphatic carboxylic acids is 1. The zero-order valence-corrected chi connectivity index (χ0v) is 21.1. The average molecular weight is 469 g/mol. The Kier molecular flexibility index (Phi) is 6.12. The van der Waals surface area contributed by atoms with E-state index in [0.717, 1.165) is 64.0 Å². The number of carboxylic acids is 1. The van der Waals surface area contributed by atoms with Crippen LogP contribution in [0.1, 0.15) is 60.9 Å². The molecule has 7 heteroatoms. The highest BCUT2D eigenvalue weighted by Crippen LogP contribution is 2.49. The zero-order chi connectivity index (χ0) is 24.1. The van der Waals surface area contributed by atoms with Crippen molar-refractivity contribution in [3.05, 3.63) is 46.2 Å². The second-order valence-electron chi connectivity index (χ2n) is 9.84. The smallest absolute Gasteiger partial charge is 0.307 e. The Labute approximate surface area is 198 Å². The highest BCUT2D eigenvalue weighted by molar-refractivity contribution is 7.85. The minimum atomic E-state index is -1.29. The predicted molar refractivity (Wildman–Crippen MR) is 133 cm³/mol. The molecule has 0 saturated heterocycles. The first-order chi connectivity index (χ1) is 15.5. The summed E-state index contributed by atoms with van der Waals surface area (Å²) in [6.07, 6.45) is 8.51. The molecule has 0 bridgehead atoms. The minimum Gasteiger partial charge on any atom is -0.495 e. The van der Waals surface area contributed by atoms with Crippen molar-refractivity contribution >= 4 is 28.2 Å². The van der Waals surface area contributed by atoms with Gasteiger partial charge in [-0.05, 0) is 72.4 Å². The first-order valence-electron chi connectivity index (χ1n) is 11.3. The zero-order valence-electron chi connectivity index (χ0n) is 20.2. The highest BCUT2D eigenvalue weighted by Gasteiger charge is 2.34. The van der Waals surface area contributed by atoms with Gasteiger partial charge in [0, 0.05) is 17.4 Å². The molecular formula is C26H32N2O4S. The van der Waals surface area contributed by atoms with E-state index in [-0.39, 0.29) is 11.8 Å². The SMILES string of the molecule is COc1cnc2c(c1)CN(S(C)=O)c1c(C)c(CC(=O)O)c(C3=CCC(C)(C)CC3)c(C)c1-2. The van der Waals surface area contributed by atoms with Crippen molar-refractivity contribution < 1.29 is 18.8 Å². The quantitative estimate of drug-likeness (QED) is 0.652. The Balaban J connectivity index is 2.06. The third-order valence-electron chi connectivity index (χ3n) is 7.01. The molecule has 1 aromatic heterocycles. The Hall–Kier alpha value is -2.67. The van der Waals surface area contributed by atoms with Gasteiger partial charge in [0.1, 0.15) is 16.7 Å². The third-order valence-corrected chi connectivity index (χ3v) is 7.94. The number of pyridine rings is 1. The van der Waals surface area contributed by atoms with Crippen LogP contribution < -0.4 is 9.04 Å². The summed E-state index contributed by atoms with van der Waals surface area (Å²) >= 11 is 0. The number of anilines is 1. The van der Waals surface area contributed by atoms with Crippen molar-refractivity contribution in [3.63, 3.8) is 0 Å². The van der Waals surface area contributed by atoms with E-state index in [4.69, 9.17) is 9.72 Å². The summed E-state index contributed by atoms with van der Waals surface area (Å²) < 4.78 is 20.1. The number of rotatable bonds is 5. The van der Waals surface area contributed by atoms with Crippen LogP contribution in [0.25, 0.3) is 16.8 Å². The lowest BCUT2D eigenvalue weighted by molar-refractivity contribution is -0.136. The van der Waals surface area contributed by atoms with Crippen LogP contribution in [0.15, 0.2) is 18.3 Å². The maximum atomic E-state index is 12.8. The van der Waals surface area contributed by atoms with Gasteiger partial charge in [-0.3, -0.25) is 14.1 Å². The molecule has 1 aromatic carbocycles. The number of carboxylic acid groups (broad SMARTS) is 1. The summed E-state index contributed by atoms with van der Waals surface area (Å²) in [6.45, 7) is 8.98. The number of aromatic nitrogens is 1. The number of hydrogen-bond donors (Lipinski definition) is 1. The summed E-state index contributed by atoms with van der Waals surface area (Å²) in [7, 11) is 0.322. The largest absolute Gasteiger partial charge is 0.495 e. The Morgan fingerprint density at radius 1 is 1.27 bits per heavy atom. The highest BCUT2D eigenvalue weighted by atomic mass is 32.2. The van der Waals surface area contributed by atoms with Gasteiger partial charge in [0.15, 0.2) is 0 Å². The van der Waals surface area contributed by atoms with Crippen molar-refractivity contribution in [1.29, 1.82) is 0 Å². The van der Waals surface area contributed by atoms with Crippen LogP contribution in [0.2, 0.25) is 0 Å². The molecule has 1 aliphatic carbocycles. The standard InChI is InChI=1S/C26H32N2O4S/c1-15-20(12-21(29)30)22(17-7-9-26(3,4)10-8-17)16(2)23-24-18(11-19(32-5)13-27-24)14-28(25(15)23)33(6)31/h7,11,13H,8-10,12,14H2,1-6H3,(H,29,30). The normalized spacial score (nSPS) is 17.6. The van der Waals surface area contributed by atoms with E-state index in [0.29, 0.717) is 12.3 Å². The van der Waals surface area contributed by atoms with Gasteiger partial charge in [0.2, 0.25) is 0 Å². The number of hydrogen-bond acceptors (Lipinski definition) is 4. The number of allylic oxidation sites excluding steroid dienone is 2. The number of nitrogens with zero attached hydrogens (tertiary/aromatic N) is 2. The Morgan fingerprint density at radius 2 is 2.00 bits per heavy atom. The van der Waals surface area contributed by atoms with Crippen LogP contribution in [0.5, 0.6) is 5.75 Å². The molecule has 33 heavy (non-hydrogen) atoms. The molecule has 1 unspecified atom stereocenters. The average Bonchev–Trinajstić information content (AvgIpc) is 2.76. The second-order valence-corrected chi connectivity index (χ2v) is 11.1. The lowest BCUT2D eigenvalue weighted by Crippen LogP contribution is -2.30. The number of methoxy groups -OCH3 is 1. The summed E-state index contributed by atoms with van der Waals surface area (Å²) in [4.78, 5) is 16.6. The molecule has 6 nitrogen and oxygen atoms in total. The van der Waals surface area contributed by atoms with Crippen molar-refractivity contribution in [2.24, 2.45) is 5.41 Å². The van der Waals surface area contributed by atoms with Gasteiger partial charge >= 0.3 is 5.97 Å². The monoisotopic (exact) mass is 468 g/mol. The molecule has 0 radical (unpaired) electrons. The van der Waals surface area contributed by atoms with E-state index in [1.807, 2.05) is 17.3 Å². The molecule has 0 spiro atoms. The fourth-order valence-electron chi connectivity index (χ4n) is 5.16. The number of ether oxygens (including phenoxy) is 1. The van der Waals surface area contributed by atoms with Crippen molar-refractivity contribution in [3.8, 4) is 17.0 Å². The van der Waals surface area contributed by atoms with Gasteiger partial charge in [-0.15, -0.1) is 0 Å². The molecule has 2 heterocycles. The molecule has 2 aliphatic rings. The van der Waals surface area contributed by atoms with Gasteiger partial charge < -0.3 is 9.84 Å².